The minimum atomic E-state index is -2.46. The number of benzene rings is 1. The number of methoxy groups -OCH3 is 1. The molecule has 5 N–H and O–H groups in total. The first-order valence-electron chi connectivity index (χ1n) is 4.89. The third kappa shape index (κ3) is 2.41. The number of carbonyl (C=O) groups is 1. The van der Waals surface area contributed by atoms with Gasteiger partial charge < -0.3 is 25.8 Å². The Kier molecular flexibility index (Phi) is 3.23. The quantitative estimate of drug-likeness (QED) is 0.415. The topological polar surface area (TPSA) is 113 Å². The highest BCUT2D eigenvalue weighted by Crippen LogP contribution is 2.28. The fourth-order valence-electron chi connectivity index (χ4n) is 1.10. The van der Waals surface area contributed by atoms with Gasteiger partial charge in [-0.05, 0) is 17.7 Å². The molecule has 1 rings (SSSR count). The predicted molar refractivity (Wildman–Crippen MR) is 54.7 cm³/mol. The van der Waals surface area contributed by atoms with Gasteiger partial charge >= 0.3 is 5.97 Å². The molecule has 6 nitrogen and oxygen atoms in total. The van der Waals surface area contributed by atoms with Crippen molar-refractivity contribution in [1.82, 2.24) is 0 Å². The van der Waals surface area contributed by atoms with Crippen LogP contribution < -0.4 is 5.73 Å². The summed E-state index contributed by atoms with van der Waals surface area (Å²) in [6.45, 7) is 0. The number of hydrogen-bond donors (Lipinski definition) is 4. The van der Waals surface area contributed by atoms with Gasteiger partial charge in [-0.3, -0.25) is 4.79 Å². The molecule has 0 aliphatic carbocycles. The van der Waals surface area contributed by atoms with Crippen LogP contribution in [0.4, 0.5) is 0 Å². The molecule has 0 saturated heterocycles. The number of phenols is 2. The van der Waals surface area contributed by atoms with Crippen LogP contribution in [-0.4, -0.2) is 34.4 Å². The van der Waals surface area contributed by atoms with Gasteiger partial charge in [0.25, 0.3) is 0 Å². The molecule has 2 atom stereocenters. The van der Waals surface area contributed by atoms with Crippen molar-refractivity contribution in [3.8, 4) is 11.5 Å². The summed E-state index contributed by atoms with van der Waals surface area (Å²) in [7, 11) is 1.08. The number of aromatic hydroxyl groups is 2. The van der Waals surface area contributed by atoms with Crippen molar-refractivity contribution in [2.24, 2.45) is 5.73 Å². The lowest BCUT2D eigenvalue weighted by Crippen LogP contribution is -2.37. The molecule has 16 heavy (non-hydrogen) atoms. The van der Waals surface area contributed by atoms with Crippen LogP contribution >= 0.6 is 0 Å². The lowest BCUT2D eigenvalue weighted by atomic mass is 10.0. The van der Waals surface area contributed by atoms with E-state index in [1.807, 2.05) is 0 Å². The molecule has 0 aliphatic heterocycles. The molecule has 0 saturated carbocycles. The standard InChI is InChI=1S/C10H13NO5/c1-16-10(15)8(11)9(14)5-2-3-6(12)7(13)4-5/h2-4,8-9,12-14H,11H2,1H3/t8-,9+/m1/s1/i9D. The van der Waals surface area contributed by atoms with Gasteiger partial charge in [-0.2, -0.15) is 0 Å². The van der Waals surface area contributed by atoms with Crippen LogP contribution in [0.15, 0.2) is 18.2 Å². The first-order chi connectivity index (χ1) is 7.80. The Balaban J connectivity index is 3.11. The Morgan fingerprint density at radius 1 is 1.50 bits per heavy atom. The number of aliphatic hydroxyl groups is 1. The summed E-state index contributed by atoms with van der Waals surface area (Å²) in [6, 6.07) is 1.57. The maximum absolute atomic E-state index is 11.1. The highest BCUT2D eigenvalue weighted by Gasteiger charge is 2.25. The summed E-state index contributed by atoms with van der Waals surface area (Å²) in [4.78, 5) is 11.1. The second-order valence-electron chi connectivity index (χ2n) is 3.09. The zero-order valence-electron chi connectivity index (χ0n) is 9.54. The number of rotatable bonds is 3. The highest BCUT2D eigenvalue weighted by molar-refractivity contribution is 5.76. The van der Waals surface area contributed by atoms with Crippen molar-refractivity contribution in [3.63, 3.8) is 0 Å². The highest BCUT2D eigenvalue weighted by atomic mass is 16.5. The van der Waals surface area contributed by atoms with E-state index in [0.717, 1.165) is 19.2 Å². The van der Waals surface area contributed by atoms with Crippen LogP contribution in [0.1, 0.15) is 13.0 Å². The van der Waals surface area contributed by atoms with Gasteiger partial charge in [0, 0.05) is 0 Å². The van der Waals surface area contributed by atoms with E-state index in [2.05, 4.69) is 4.74 Å². The van der Waals surface area contributed by atoms with Crippen LogP contribution in [0.5, 0.6) is 11.5 Å². The molecule has 1 aromatic carbocycles. The van der Waals surface area contributed by atoms with E-state index in [1.165, 1.54) is 6.07 Å². The van der Waals surface area contributed by atoms with E-state index in [4.69, 9.17) is 12.2 Å². The van der Waals surface area contributed by atoms with E-state index in [0.29, 0.717) is 0 Å². The average molecular weight is 228 g/mol. The smallest absolute Gasteiger partial charge is 0.325 e. The first kappa shape index (κ1) is 10.7. The molecule has 0 amide bonds. The maximum Gasteiger partial charge on any atom is 0.325 e. The zero-order valence-corrected chi connectivity index (χ0v) is 8.54. The largest absolute Gasteiger partial charge is 0.504 e. The minimum absolute atomic E-state index is 0.134. The average Bonchev–Trinajstić information content (AvgIpc) is 2.30. The Morgan fingerprint density at radius 2 is 2.12 bits per heavy atom. The molecule has 0 spiro atoms. The van der Waals surface area contributed by atoms with E-state index in [-0.39, 0.29) is 5.56 Å². The van der Waals surface area contributed by atoms with E-state index in [9.17, 15) is 15.0 Å². The monoisotopic (exact) mass is 228 g/mol. The van der Waals surface area contributed by atoms with E-state index >= 15 is 0 Å². The third-order valence-electron chi connectivity index (χ3n) is 2.02. The van der Waals surface area contributed by atoms with Crippen molar-refractivity contribution in [3.05, 3.63) is 23.8 Å². The fourth-order valence-corrected chi connectivity index (χ4v) is 1.10. The van der Waals surface area contributed by atoms with E-state index < -0.39 is 29.6 Å². The molecule has 0 aromatic heterocycles. The van der Waals surface area contributed by atoms with Crippen LogP contribution in [0.25, 0.3) is 0 Å². The predicted octanol–water partition coefficient (Wildman–Crippen LogP) is -0.369. The molecule has 6 heteroatoms. The van der Waals surface area contributed by atoms with Crippen LogP contribution in [0, 0.1) is 0 Å². The normalized spacial score (nSPS) is 17.1. The van der Waals surface area contributed by atoms with Crippen LogP contribution in [0.3, 0.4) is 0 Å². The van der Waals surface area contributed by atoms with Crippen molar-refractivity contribution in [2.45, 2.75) is 12.1 Å². The molecular weight excluding hydrogens is 214 g/mol. The molecule has 0 unspecified atom stereocenters. The van der Waals surface area contributed by atoms with Gasteiger partial charge in [-0.1, -0.05) is 6.07 Å². The molecule has 0 fully saturated rings. The van der Waals surface area contributed by atoms with E-state index in [1.54, 1.807) is 0 Å². The molecule has 88 valence electrons. The van der Waals surface area contributed by atoms with Crippen molar-refractivity contribution in [1.29, 1.82) is 0 Å². The Bertz CT molecular complexity index is 435. The van der Waals surface area contributed by atoms with Gasteiger partial charge in [0.1, 0.15) is 12.1 Å². The maximum atomic E-state index is 11.1. The Hall–Kier alpha value is -1.79. The lowest BCUT2D eigenvalue weighted by molar-refractivity contribution is -0.145. The Morgan fingerprint density at radius 3 is 2.62 bits per heavy atom. The number of nitrogens with two attached hydrogens (primary N) is 1. The van der Waals surface area contributed by atoms with Gasteiger partial charge in [0.05, 0.1) is 8.48 Å². The van der Waals surface area contributed by atoms with Crippen molar-refractivity contribution >= 4 is 5.97 Å². The fraction of sp³-hybridized carbons (Fsp3) is 0.300. The molecule has 0 aliphatic rings. The molecule has 0 radical (unpaired) electrons. The van der Waals surface area contributed by atoms with Crippen LogP contribution in [0.2, 0.25) is 0 Å². The molecule has 0 bridgehead atoms. The molecule has 1 aromatic rings. The van der Waals surface area contributed by atoms with Gasteiger partial charge in [0.15, 0.2) is 11.5 Å². The first-order valence-corrected chi connectivity index (χ1v) is 4.39. The summed E-state index contributed by atoms with van der Waals surface area (Å²) >= 11 is 0. The minimum Gasteiger partial charge on any atom is -0.504 e. The molecular formula is C10H13NO5. The summed E-state index contributed by atoms with van der Waals surface area (Å²) in [5.74, 6) is -1.89. The summed E-state index contributed by atoms with van der Waals surface area (Å²) in [6.07, 6.45) is -2.46. The second-order valence-corrected chi connectivity index (χ2v) is 3.09. The zero-order chi connectivity index (χ0) is 13.2. The van der Waals surface area contributed by atoms with Gasteiger partial charge in [0.2, 0.25) is 0 Å². The van der Waals surface area contributed by atoms with Crippen molar-refractivity contribution in [2.75, 3.05) is 7.11 Å². The van der Waals surface area contributed by atoms with Gasteiger partial charge in [-0.25, -0.2) is 0 Å². The third-order valence-corrected chi connectivity index (χ3v) is 2.02. The molecule has 0 heterocycles. The summed E-state index contributed by atoms with van der Waals surface area (Å²) in [5.41, 5.74) is 5.24. The SMILES string of the molecule is [2H][C@](O)(c1ccc(O)c(O)c1)[C@@H](N)C(=O)OC. The lowest BCUT2D eigenvalue weighted by Gasteiger charge is -2.17. The second kappa shape index (κ2) is 4.82. The van der Waals surface area contributed by atoms with Crippen molar-refractivity contribution < 1.29 is 26.2 Å². The number of hydrogen-bond acceptors (Lipinski definition) is 6. The summed E-state index contributed by atoms with van der Waals surface area (Å²) in [5, 5.41) is 28.1. The van der Waals surface area contributed by atoms with Gasteiger partial charge in [-0.15, -0.1) is 0 Å². The number of carbonyl (C=O) groups excluding carboxylic acids is 1. The van der Waals surface area contributed by atoms with Crippen LogP contribution in [-0.2, 0) is 9.53 Å². The number of esters is 1. The Labute approximate surface area is 93.3 Å². The summed E-state index contributed by atoms with van der Waals surface area (Å²) < 4.78 is 11.9. The number of phenolic OH excluding ortho intramolecular Hbond substituents is 2. The number of ether oxygens (including phenoxy) is 1.